The van der Waals surface area contributed by atoms with Gasteiger partial charge in [0.05, 0.1) is 31.7 Å². The number of rotatable bonds is 10. The molecular formula is C25H27BrN2O5S. The highest BCUT2D eigenvalue weighted by molar-refractivity contribution is 9.10. The van der Waals surface area contributed by atoms with Gasteiger partial charge in [-0.05, 0) is 54.4 Å². The predicted molar refractivity (Wildman–Crippen MR) is 134 cm³/mol. The van der Waals surface area contributed by atoms with E-state index in [-0.39, 0.29) is 24.0 Å². The van der Waals surface area contributed by atoms with Gasteiger partial charge in [0.2, 0.25) is 15.9 Å². The van der Waals surface area contributed by atoms with E-state index in [1.807, 2.05) is 43.3 Å². The van der Waals surface area contributed by atoms with Crippen LogP contribution in [0, 0.1) is 0 Å². The molecule has 0 bridgehead atoms. The zero-order valence-corrected chi connectivity index (χ0v) is 21.6. The van der Waals surface area contributed by atoms with E-state index in [0.29, 0.717) is 11.5 Å². The average molecular weight is 547 g/mol. The summed E-state index contributed by atoms with van der Waals surface area (Å²) in [5.41, 5.74) is 1.58. The molecule has 0 fully saturated rings. The molecule has 1 atom stereocenters. The third-order valence-electron chi connectivity index (χ3n) is 5.26. The van der Waals surface area contributed by atoms with Gasteiger partial charge in [-0.2, -0.15) is 4.31 Å². The molecule has 0 aliphatic carbocycles. The Bertz CT molecular complexity index is 1220. The van der Waals surface area contributed by atoms with Crippen molar-refractivity contribution in [2.45, 2.75) is 24.4 Å². The van der Waals surface area contributed by atoms with E-state index >= 15 is 0 Å². The van der Waals surface area contributed by atoms with Gasteiger partial charge in [-0.25, -0.2) is 8.42 Å². The highest BCUT2D eigenvalue weighted by Gasteiger charge is 2.27. The van der Waals surface area contributed by atoms with Crippen LogP contribution < -0.4 is 14.8 Å². The molecule has 0 aromatic heterocycles. The lowest BCUT2D eigenvalue weighted by atomic mass is 10.1. The van der Waals surface area contributed by atoms with Crippen LogP contribution in [0.4, 0.5) is 0 Å². The number of halogens is 1. The highest BCUT2D eigenvalue weighted by atomic mass is 79.9. The zero-order chi connectivity index (χ0) is 24.7. The normalized spacial score (nSPS) is 12.3. The average Bonchev–Trinajstić information content (AvgIpc) is 2.84. The summed E-state index contributed by atoms with van der Waals surface area (Å²) in [7, 11) is -0.824. The van der Waals surface area contributed by atoms with Crippen molar-refractivity contribution in [3.05, 3.63) is 88.4 Å². The number of hydrogen-bond acceptors (Lipinski definition) is 5. The van der Waals surface area contributed by atoms with Crippen LogP contribution in [0.1, 0.15) is 24.1 Å². The third-order valence-corrected chi connectivity index (χ3v) is 7.59. The lowest BCUT2D eigenvalue weighted by Crippen LogP contribution is -2.41. The number of nitrogens with zero attached hydrogens (tertiary/aromatic N) is 1. The van der Waals surface area contributed by atoms with E-state index in [0.717, 1.165) is 15.6 Å². The smallest absolute Gasteiger partial charge is 0.243 e. The molecule has 0 unspecified atom stereocenters. The summed E-state index contributed by atoms with van der Waals surface area (Å²) >= 11 is 3.32. The Kier molecular flexibility index (Phi) is 8.71. The Morgan fingerprint density at radius 3 is 2.24 bits per heavy atom. The van der Waals surface area contributed by atoms with Crippen molar-refractivity contribution >= 4 is 31.9 Å². The monoisotopic (exact) mass is 546 g/mol. The summed E-state index contributed by atoms with van der Waals surface area (Å²) in [5.74, 6) is 0.711. The predicted octanol–water partition coefficient (Wildman–Crippen LogP) is 4.53. The second-order valence-corrected chi connectivity index (χ2v) is 10.5. The molecule has 3 aromatic rings. The van der Waals surface area contributed by atoms with Crippen molar-refractivity contribution in [1.29, 1.82) is 0 Å². The zero-order valence-electron chi connectivity index (χ0n) is 19.2. The second kappa shape index (κ2) is 11.5. The summed E-state index contributed by atoms with van der Waals surface area (Å²) in [5, 5.41) is 2.88. The Hall–Kier alpha value is -2.88. The van der Waals surface area contributed by atoms with Crippen molar-refractivity contribution in [2.75, 3.05) is 20.8 Å². The fourth-order valence-corrected chi connectivity index (χ4v) is 5.07. The number of amides is 1. The summed E-state index contributed by atoms with van der Waals surface area (Å²) < 4.78 is 39.3. The highest BCUT2D eigenvalue weighted by Crippen LogP contribution is 2.30. The van der Waals surface area contributed by atoms with E-state index in [2.05, 4.69) is 21.2 Å². The maximum atomic E-state index is 13.4. The molecule has 0 saturated carbocycles. The molecule has 0 aliphatic heterocycles. The number of carbonyl (C=O) groups excluding carboxylic acids is 1. The van der Waals surface area contributed by atoms with Gasteiger partial charge in [0.15, 0.2) is 11.5 Å². The minimum absolute atomic E-state index is 0.0669. The fraction of sp³-hybridized carbons (Fsp3) is 0.240. The largest absolute Gasteiger partial charge is 0.493 e. The molecule has 34 heavy (non-hydrogen) atoms. The third kappa shape index (κ3) is 6.37. The molecule has 0 aliphatic rings. The second-order valence-electron chi connectivity index (χ2n) is 7.62. The van der Waals surface area contributed by atoms with Gasteiger partial charge in [-0.1, -0.05) is 52.3 Å². The number of carbonyl (C=O) groups is 1. The quantitative estimate of drug-likeness (QED) is 0.403. The van der Waals surface area contributed by atoms with Gasteiger partial charge < -0.3 is 14.8 Å². The van der Waals surface area contributed by atoms with Gasteiger partial charge in [-0.15, -0.1) is 0 Å². The van der Waals surface area contributed by atoms with Crippen molar-refractivity contribution in [2.24, 2.45) is 0 Å². The molecule has 7 nitrogen and oxygen atoms in total. The summed E-state index contributed by atoms with van der Waals surface area (Å²) in [6.07, 6.45) is 0. The molecule has 0 heterocycles. The molecular weight excluding hydrogens is 520 g/mol. The fourth-order valence-electron chi connectivity index (χ4n) is 3.42. The van der Waals surface area contributed by atoms with Crippen molar-refractivity contribution < 1.29 is 22.7 Å². The van der Waals surface area contributed by atoms with Crippen LogP contribution in [-0.4, -0.2) is 39.4 Å². The molecule has 180 valence electrons. The molecule has 9 heteroatoms. The van der Waals surface area contributed by atoms with Gasteiger partial charge in [0, 0.05) is 11.0 Å². The lowest BCUT2D eigenvalue weighted by Gasteiger charge is -2.23. The van der Waals surface area contributed by atoms with Crippen molar-refractivity contribution in [3.8, 4) is 11.5 Å². The summed E-state index contributed by atoms with van der Waals surface area (Å²) in [6, 6.07) is 20.5. The number of hydrogen-bond donors (Lipinski definition) is 1. The lowest BCUT2D eigenvalue weighted by molar-refractivity contribution is -0.122. The van der Waals surface area contributed by atoms with Crippen LogP contribution in [0.2, 0.25) is 0 Å². The summed E-state index contributed by atoms with van der Waals surface area (Å²) in [4.78, 5) is 13.1. The van der Waals surface area contributed by atoms with Crippen LogP contribution >= 0.6 is 15.9 Å². The maximum Gasteiger partial charge on any atom is 0.243 e. The van der Waals surface area contributed by atoms with Gasteiger partial charge in [0.1, 0.15) is 0 Å². The van der Waals surface area contributed by atoms with Crippen LogP contribution in [0.3, 0.4) is 0 Å². The molecule has 3 rings (SSSR count). The van der Waals surface area contributed by atoms with Crippen LogP contribution in [0.25, 0.3) is 0 Å². The minimum Gasteiger partial charge on any atom is -0.493 e. The number of ether oxygens (including phenoxy) is 2. The standard InChI is InChI=1S/C25H27BrN2O5S/c1-18(20-9-14-23(32-2)24(15-20)33-3)27-25(29)17-28(16-19-7-5-4-6-8-19)34(30,31)22-12-10-21(26)11-13-22/h4-15,18H,16-17H2,1-3H3,(H,27,29)/t18-/m0/s1. The van der Waals surface area contributed by atoms with Crippen LogP contribution in [0.15, 0.2) is 82.2 Å². The van der Waals surface area contributed by atoms with Gasteiger partial charge in [0.25, 0.3) is 0 Å². The van der Waals surface area contributed by atoms with E-state index in [4.69, 9.17) is 9.47 Å². The number of methoxy groups -OCH3 is 2. The Morgan fingerprint density at radius 1 is 0.971 bits per heavy atom. The molecule has 1 amide bonds. The first kappa shape index (κ1) is 25.7. The first-order valence-electron chi connectivity index (χ1n) is 10.6. The Labute approximate surface area is 208 Å². The van der Waals surface area contributed by atoms with E-state index in [1.54, 1.807) is 38.5 Å². The molecule has 0 spiro atoms. The van der Waals surface area contributed by atoms with E-state index in [9.17, 15) is 13.2 Å². The van der Waals surface area contributed by atoms with Gasteiger partial charge in [-0.3, -0.25) is 4.79 Å². The topological polar surface area (TPSA) is 84.9 Å². The molecule has 3 aromatic carbocycles. The SMILES string of the molecule is COc1ccc([C@H](C)NC(=O)CN(Cc2ccccc2)S(=O)(=O)c2ccc(Br)cc2)cc1OC. The van der Waals surface area contributed by atoms with Crippen molar-refractivity contribution in [3.63, 3.8) is 0 Å². The first-order valence-corrected chi connectivity index (χ1v) is 12.8. The Balaban J connectivity index is 1.81. The van der Waals surface area contributed by atoms with E-state index < -0.39 is 15.9 Å². The number of nitrogens with one attached hydrogen (secondary N) is 1. The van der Waals surface area contributed by atoms with Crippen LogP contribution in [-0.2, 0) is 21.4 Å². The molecule has 1 N–H and O–H groups in total. The number of sulfonamides is 1. The van der Waals surface area contributed by atoms with Crippen LogP contribution in [0.5, 0.6) is 11.5 Å². The van der Waals surface area contributed by atoms with Crippen molar-refractivity contribution in [1.82, 2.24) is 9.62 Å². The molecule has 0 saturated heterocycles. The first-order chi connectivity index (χ1) is 16.2. The number of benzene rings is 3. The minimum atomic E-state index is -3.92. The van der Waals surface area contributed by atoms with E-state index in [1.165, 1.54) is 16.4 Å². The summed E-state index contributed by atoms with van der Waals surface area (Å²) in [6.45, 7) is 1.56. The maximum absolute atomic E-state index is 13.4. The Morgan fingerprint density at radius 2 is 1.62 bits per heavy atom. The van der Waals surface area contributed by atoms with Gasteiger partial charge >= 0.3 is 0 Å². The molecule has 0 radical (unpaired) electrons.